The van der Waals surface area contributed by atoms with Crippen molar-refractivity contribution in [2.24, 2.45) is 0 Å². The fraction of sp³-hybridized carbons (Fsp3) is 0.333. The van der Waals surface area contributed by atoms with Gasteiger partial charge in [-0.15, -0.1) is 11.8 Å². The Balaban J connectivity index is 1.28. The lowest BCUT2D eigenvalue weighted by molar-refractivity contribution is -0.136. The van der Waals surface area contributed by atoms with E-state index in [-0.39, 0.29) is 48.7 Å². The van der Waals surface area contributed by atoms with E-state index < -0.39 is 39.8 Å². The maximum absolute atomic E-state index is 13.1. The van der Waals surface area contributed by atoms with Gasteiger partial charge >= 0.3 is 0 Å². The maximum atomic E-state index is 13.1. The normalized spacial score (nSPS) is 17.9. The summed E-state index contributed by atoms with van der Waals surface area (Å²) in [6.45, 7) is 2.02. The van der Waals surface area contributed by atoms with Crippen molar-refractivity contribution in [2.45, 2.75) is 35.6 Å². The van der Waals surface area contributed by atoms with Gasteiger partial charge in [-0.25, -0.2) is 0 Å². The summed E-state index contributed by atoms with van der Waals surface area (Å²) < 4.78 is 34.8. The molecule has 0 aromatic heterocycles. The van der Waals surface area contributed by atoms with E-state index in [4.69, 9.17) is 8.92 Å². The molecule has 36 heavy (non-hydrogen) atoms. The number of hydrogen-bond donors (Lipinski definition) is 1. The molecule has 0 saturated carbocycles. The summed E-state index contributed by atoms with van der Waals surface area (Å²) >= 11 is 1.30. The summed E-state index contributed by atoms with van der Waals surface area (Å²) in [5.41, 5.74) is 1.38. The van der Waals surface area contributed by atoms with Gasteiger partial charge in [-0.1, -0.05) is 23.8 Å². The summed E-state index contributed by atoms with van der Waals surface area (Å²) in [5.74, 6) is -1.78. The average Bonchev–Trinajstić information content (AvgIpc) is 3.09. The van der Waals surface area contributed by atoms with Gasteiger partial charge in [-0.2, -0.15) is 8.42 Å². The van der Waals surface area contributed by atoms with Crippen molar-refractivity contribution in [2.75, 3.05) is 25.6 Å². The van der Waals surface area contributed by atoms with Crippen LogP contribution in [0, 0.1) is 6.92 Å². The first-order valence-electron chi connectivity index (χ1n) is 11.2. The van der Waals surface area contributed by atoms with E-state index in [1.807, 2.05) is 6.92 Å². The number of piperidine rings is 1. The topological polar surface area (TPSA) is 136 Å². The molecule has 1 unspecified atom stereocenters. The highest BCUT2D eigenvalue weighted by Gasteiger charge is 2.45. The van der Waals surface area contributed by atoms with Gasteiger partial charge in [0.15, 0.2) is 0 Å². The molecule has 10 nitrogen and oxygen atoms in total. The largest absolute Gasteiger partial charge is 0.378 e. The van der Waals surface area contributed by atoms with Gasteiger partial charge in [0, 0.05) is 17.1 Å². The molecule has 0 aliphatic carbocycles. The molecule has 4 amide bonds. The number of ether oxygens (including phenoxy) is 1. The Kier molecular flexibility index (Phi) is 7.88. The number of carbonyl (C=O) groups excluding carboxylic acids is 4. The number of nitrogens with zero attached hydrogens (tertiary/aromatic N) is 1. The van der Waals surface area contributed by atoms with E-state index in [2.05, 4.69) is 5.32 Å². The second kappa shape index (κ2) is 10.9. The number of imide groups is 2. The van der Waals surface area contributed by atoms with Crippen LogP contribution in [0.1, 0.15) is 39.1 Å². The number of fused-ring (bicyclic) bond motifs is 1. The smallest absolute Gasteiger partial charge is 0.297 e. The Morgan fingerprint density at radius 3 is 2.47 bits per heavy atom. The first-order chi connectivity index (χ1) is 17.2. The summed E-state index contributed by atoms with van der Waals surface area (Å²) in [4.78, 5) is 51.2. The zero-order chi connectivity index (χ0) is 25.9. The van der Waals surface area contributed by atoms with Gasteiger partial charge in [0.2, 0.25) is 11.8 Å². The lowest BCUT2D eigenvalue weighted by Gasteiger charge is -2.27. The number of benzene rings is 2. The number of hydrogen-bond acceptors (Lipinski definition) is 9. The van der Waals surface area contributed by atoms with Crippen molar-refractivity contribution in [1.82, 2.24) is 10.2 Å². The molecule has 2 aliphatic rings. The highest BCUT2D eigenvalue weighted by molar-refractivity contribution is 7.99. The molecule has 2 aromatic carbocycles. The zero-order valence-electron chi connectivity index (χ0n) is 19.4. The van der Waals surface area contributed by atoms with E-state index in [0.717, 1.165) is 10.5 Å². The predicted molar refractivity (Wildman–Crippen MR) is 129 cm³/mol. The van der Waals surface area contributed by atoms with Crippen molar-refractivity contribution in [3.63, 3.8) is 0 Å². The molecule has 2 aliphatic heterocycles. The third-order valence-corrected chi connectivity index (χ3v) is 8.04. The quantitative estimate of drug-likeness (QED) is 0.211. The van der Waals surface area contributed by atoms with Crippen molar-refractivity contribution in [1.29, 1.82) is 0 Å². The monoisotopic (exact) mass is 532 g/mol. The van der Waals surface area contributed by atoms with Gasteiger partial charge < -0.3 is 4.74 Å². The van der Waals surface area contributed by atoms with Gasteiger partial charge in [-0.05, 0) is 37.6 Å². The second-order valence-electron chi connectivity index (χ2n) is 8.18. The number of thioether (sulfide) groups is 1. The molecule has 1 fully saturated rings. The summed E-state index contributed by atoms with van der Waals surface area (Å²) in [5, 5.41) is 2.17. The Hall–Kier alpha value is -3.06. The van der Waals surface area contributed by atoms with Crippen molar-refractivity contribution in [3.05, 3.63) is 59.2 Å². The molecule has 1 N–H and O–H groups in total. The van der Waals surface area contributed by atoms with E-state index in [9.17, 15) is 27.6 Å². The van der Waals surface area contributed by atoms with Gasteiger partial charge in [0.25, 0.3) is 21.9 Å². The number of aryl methyl sites for hydroxylation is 1. The molecule has 4 rings (SSSR count). The van der Waals surface area contributed by atoms with E-state index in [1.54, 1.807) is 24.3 Å². The van der Waals surface area contributed by atoms with E-state index in [0.29, 0.717) is 10.6 Å². The van der Waals surface area contributed by atoms with Crippen LogP contribution in [-0.4, -0.2) is 68.6 Å². The van der Waals surface area contributed by atoms with Gasteiger partial charge in [-0.3, -0.25) is 33.6 Å². The van der Waals surface area contributed by atoms with E-state index in [1.165, 1.54) is 30.0 Å². The Morgan fingerprint density at radius 1 is 1.00 bits per heavy atom. The summed E-state index contributed by atoms with van der Waals surface area (Å²) in [6, 6.07) is 10.2. The number of nitrogens with one attached hydrogen (secondary N) is 1. The van der Waals surface area contributed by atoms with Crippen LogP contribution in [0.5, 0.6) is 0 Å². The summed E-state index contributed by atoms with van der Waals surface area (Å²) in [6.07, 6.45) is 0.146. The fourth-order valence-electron chi connectivity index (χ4n) is 3.89. The zero-order valence-corrected chi connectivity index (χ0v) is 21.0. The second-order valence-corrected chi connectivity index (χ2v) is 10.9. The van der Waals surface area contributed by atoms with Crippen LogP contribution in [0.2, 0.25) is 0 Å². The maximum Gasteiger partial charge on any atom is 0.297 e. The SMILES string of the molecule is Cc1ccc(S(=O)(=O)OCCOCCSc2cccc3c2C(=O)N(C2CCC(=O)NC2=O)C3=O)cc1. The molecule has 1 saturated heterocycles. The van der Waals surface area contributed by atoms with Crippen LogP contribution in [0.25, 0.3) is 0 Å². The molecule has 190 valence electrons. The standard InChI is InChI=1S/C24H24N2O8S2/c1-15-5-7-16(8-6-15)36(31,32)34-12-11-33-13-14-35-19-4-2-3-17-21(19)24(30)26(23(17)29)18-9-10-20(27)25-22(18)28/h2-8,18H,9-14H2,1H3,(H,25,27,28). The molecule has 1 atom stereocenters. The predicted octanol–water partition coefficient (Wildman–Crippen LogP) is 1.91. The van der Waals surface area contributed by atoms with Gasteiger partial charge in [0.1, 0.15) is 6.04 Å². The Labute approximate surface area is 212 Å². The van der Waals surface area contributed by atoms with Crippen LogP contribution in [0.3, 0.4) is 0 Å². The van der Waals surface area contributed by atoms with Crippen molar-refractivity contribution < 1.29 is 36.5 Å². The number of amides is 4. The minimum atomic E-state index is -3.86. The molecule has 12 heteroatoms. The highest BCUT2D eigenvalue weighted by Crippen LogP contribution is 2.34. The molecule has 2 aromatic rings. The Bertz CT molecular complexity index is 1310. The first-order valence-corrected chi connectivity index (χ1v) is 13.6. The Morgan fingerprint density at radius 2 is 1.75 bits per heavy atom. The van der Waals surface area contributed by atoms with Crippen molar-refractivity contribution >= 4 is 45.5 Å². The first kappa shape index (κ1) is 26.0. The lowest BCUT2D eigenvalue weighted by atomic mass is 10.0. The number of carbonyl (C=O) groups is 4. The molecule has 0 spiro atoms. The van der Waals surface area contributed by atoms with Crippen LogP contribution in [0.4, 0.5) is 0 Å². The highest BCUT2D eigenvalue weighted by atomic mass is 32.2. The number of rotatable bonds is 10. The molecule has 2 heterocycles. The van der Waals surface area contributed by atoms with Crippen LogP contribution in [0.15, 0.2) is 52.3 Å². The molecule has 0 radical (unpaired) electrons. The average molecular weight is 533 g/mol. The molecular formula is C24H24N2O8S2. The van der Waals surface area contributed by atoms with Gasteiger partial charge in [0.05, 0.1) is 35.8 Å². The molecular weight excluding hydrogens is 508 g/mol. The minimum absolute atomic E-state index is 0.0544. The lowest BCUT2D eigenvalue weighted by Crippen LogP contribution is -2.54. The van der Waals surface area contributed by atoms with E-state index >= 15 is 0 Å². The fourth-order valence-corrected chi connectivity index (χ4v) is 5.72. The summed E-state index contributed by atoms with van der Waals surface area (Å²) in [7, 11) is -3.86. The minimum Gasteiger partial charge on any atom is -0.378 e. The van der Waals surface area contributed by atoms with Crippen LogP contribution < -0.4 is 5.32 Å². The van der Waals surface area contributed by atoms with Crippen LogP contribution in [-0.2, 0) is 28.6 Å². The van der Waals surface area contributed by atoms with Crippen molar-refractivity contribution in [3.8, 4) is 0 Å². The molecule has 0 bridgehead atoms. The third-order valence-electron chi connectivity index (χ3n) is 5.69. The van der Waals surface area contributed by atoms with Crippen LogP contribution >= 0.6 is 11.8 Å². The third kappa shape index (κ3) is 5.51.